The summed E-state index contributed by atoms with van der Waals surface area (Å²) in [6, 6.07) is -0.388. The molecule has 5 saturated carbocycles. The number of hydrogen-bond donors (Lipinski definition) is 4. The van der Waals surface area contributed by atoms with Crippen LogP contribution in [0.1, 0.15) is 39.5 Å². The first kappa shape index (κ1) is 20.3. The Morgan fingerprint density at radius 3 is 2.50 bits per heavy atom. The Morgan fingerprint density at radius 2 is 1.87 bits per heavy atom. The predicted molar refractivity (Wildman–Crippen MR) is 108 cm³/mol. The van der Waals surface area contributed by atoms with Crippen molar-refractivity contribution in [1.29, 1.82) is 0 Å². The zero-order chi connectivity index (χ0) is 21.4. The molecule has 4 N–H and O–H groups in total. The van der Waals surface area contributed by atoms with E-state index in [4.69, 9.17) is 9.47 Å². The highest BCUT2D eigenvalue weighted by atomic mass is 16.5. The molecule has 6 fully saturated rings. The van der Waals surface area contributed by atoms with Crippen molar-refractivity contribution >= 4 is 0 Å². The van der Waals surface area contributed by atoms with Crippen LogP contribution < -0.4 is 0 Å². The molecule has 0 unspecified atom stereocenters. The number of fused-ring (bicyclic) bond motifs is 2. The van der Waals surface area contributed by atoms with Crippen LogP contribution in [0.3, 0.4) is 0 Å². The maximum absolute atomic E-state index is 12.7. The number of rotatable bonds is 3. The van der Waals surface area contributed by atoms with Crippen LogP contribution in [0.25, 0.3) is 0 Å². The first-order valence-electron chi connectivity index (χ1n) is 11.8. The van der Waals surface area contributed by atoms with Crippen molar-refractivity contribution in [3.05, 3.63) is 0 Å². The summed E-state index contributed by atoms with van der Waals surface area (Å²) in [6.45, 7) is 5.96. The number of aliphatic hydroxyl groups is 4. The number of methoxy groups -OCH3 is 2. The molecule has 30 heavy (non-hydrogen) atoms. The molecule has 7 nitrogen and oxygen atoms in total. The van der Waals surface area contributed by atoms with Crippen molar-refractivity contribution in [1.82, 2.24) is 4.90 Å². The molecule has 0 aromatic rings. The number of aliphatic hydroxyl groups excluding tert-OH is 2. The molecule has 1 heterocycles. The molecule has 0 aromatic carbocycles. The Morgan fingerprint density at radius 1 is 1.13 bits per heavy atom. The first-order chi connectivity index (χ1) is 14.2. The summed E-state index contributed by atoms with van der Waals surface area (Å²) in [5, 5.41) is 48.1. The molecule has 6 aliphatic rings. The van der Waals surface area contributed by atoms with Crippen molar-refractivity contribution in [2.45, 2.75) is 81.2 Å². The van der Waals surface area contributed by atoms with Crippen LogP contribution in [0.5, 0.6) is 0 Å². The van der Waals surface area contributed by atoms with E-state index in [-0.39, 0.29) is 35.3 Å². The minimum absolute atomic E-state index is 0.0527. The molecule has 6 rings (SSSR count). The SMILES string of the molecule is CCN1C[C@@]2(C)CC[C@@H](O)[C@@]34[C@@H]5C[C@H]6[C@@H](O)[C@@H]5[C@](O)(C[C@@H]6OC)[C@@](O)([C@H]13)[C@@H](OC)[C@@H]24. The molecule has 1 saturated heterocycles. The maximum atomic E-state index is 12.7. The highest BCUT2D eigenvalue weighted by molar-refractivity contribution is 5.40. The Bertz CT molecular complexity index is 766. The summed E-state index contributed by atoms with van der Waals surface area (Å²) in [7, 11) is 3.26. The van der Waals surface area contributed by atoms with Gasteiger partial charge in [-0.15, -0.1) is 0 Å². The van der Waals surface area contributed by atoms with Gasteiger partial charge in [-0.1, -0.05) is 13.8 Å². The van der Waals surface area contributed by atoms with Gasteiger partial charge in [-0.05, 0) is 37.1 Å². The molecule has 170 valence electrons. The highest BCUT2D eigenvalue weighted by Gasteiger charge is 2.90. The second-order valence-electron chi connectivity index (χ2n) is 11.6. The third kappa shape index (κ3) is 1.74. The van der Waals surface area contributed by atoms with Gasteiger partial charge in [0, 0.05) is 50.4 Å². The lowest BCUT2D eigenvalue weighted by Crippen LogP contribution is -2.81. The molecule has 0 amide bonds. The fourth-order valence-corrected chi connectivity index (χ4v) is 10.4. The van der Waals surface area contributed by atoms with Crippen LogP contribution in [-0.4, -0.2) is 94.3 Å². The van der Waals surface area contributed by atoms with E-state index in [1.807, 2.05) is 0 Å². The van der Waals surface area contributed by atoms with Gasteiger partial charge in [-0.3, -0.25) is 4.90 Å². The maximum Gasteiger partial charge on any atom is 0.136 e. The Kier molecular flexibility index (Phi) is 3.93. The average molecular weight is 424 g/mol. The molecule has 7 bridgehead atoms. The van der Waals surface area contributed by atoms with Gasteiger partial charge in [-0.2, -0.15) is 0 Å². The van der Waals surface area contributed by atoms with Gasteiger partial charge in [0.25, 0.3) is 0 Å². The van der Waals surface area contributed by atoms with Crippen molar-refractivity contribution in [3.63, 3.8) is 0 Å². The summed E-state index contributed by atoms with van der Waals surface area (Å²) >= 11 is 0. The normalized spacial score (nSPS) is 65.8. The predicted octanol–water partition coefficient (Wildman–Crippen LogP) is -0.00960. The van der Waals surface area contributed by atoms with Gasteiger partial charge in [-0.25, -0.2) is 0 Å². The van der Waals surface area contributed by atoms with E-state index in [1.54, 1.807) is 14.2 Å². The monoisotopic (exact) mass is 423 g/mol. The van der Waals surface area contributed by atoms with Gasteiger partial charge in [0.15, 0.2) is 0 Å². The van der Waals surface area contributed by atoms with Crippen LogP contribution in [0.2, 0.25) is 0 Å². The van der Waals surface area contributed by atoms with E-state index in [2.05, 4.69) is 18.7 Å². The minimum Gasteiger partial charge on any atom is -0.392 e. The third-order valence-electron chi connectivity index (χ3n) is 11.0. The fourth-order valence-electron chi connectivity index (χ4n) is 10.4. The lowest BCUT2D eigenvalue weighted by Gasteiger charge is -2.69. The molecule has 0 radical (unpaired) electrons. The molecule has 0 aromatic heterocycles. The molecule has 7 heteroatoms. The van der Waals surface area contributed by atoms with Crippen LogP contribution in [0.15, 0.2) is 0 Å². The second-order valence-corrected chi connectivity index (χ2v) is 11.6. The number of hydrogen-bond acceptors (Lipinski definition) is 7. The summed E-state index contributed by atoms with van der Waals surface area (Å²) in [4.78, 5) is 2.31. The van der Waals surface area contributed by atoms with Gasteiger partial charge < -0.3 is 29.9 Å². The van der Waals surface area contributed by atoms with Crippen LogP contribution in [0.4, 0.5) is 0 Å². The Labute approximate surface area is 178 Å². The number of nitrogens with zero attached hydrogens (tertiary/aromatic N) is 1. The number of likely N-dealkylation sites (N-methyl/N-ethyl adjacent to an activating group) is 1. The molecular formula is C23H37NO6. The standard InChI is InChI=1S/C23H37NO6/c1-5-24-10-20(2)7-6-14(25)22-12-8-11-13(29-3)9-21(27,15(12)16(11)26)23(28,19(22)24)18(30-4)17(20)22/h11-19,25-28H,5-10H2,1-4H3/t11-,12-,13+,14-,15-,16-,17+,18+,19-,20-,21-,22-,23+/m1/s1. The topological polar surface area (TPSA) is 103 Å². The van der Waals surface area contributed by atoms with E-state index in [0.717, 1.165) is 25.9 Å². The van der Waals surface area contributed by atoms with Gasteiger partial charge in [0.2, 0.25) is 0 Å². The summed E-state index contributed by atoms with van der Waals surface area (Å²) < 4.78 is 11.8. The zero-order valence-electron chi connectivity index (χ0n) is 18.5. The molecule has 5 aliphatic carbocycles. The Balaban J connectivity index is 1.68. The summed E-state index contributed by atoms with van der Waals surface area (Å²) in [6.07, 6.45) is 0.370. The smallest absolute Gasteiger partial charge is 0.136 e. The largest absolute Gasteiger partial charge is 0.392 e. The number of likely N-dealkylation sites (tertiary alicyclic amines) is 1. The van der Waals surface area contributed by atoms with Crippen molar-refractivity contribution in [2.75, 3.05) is 27.3 Å². The van der Waals surface area contributed by atoms with E-state index >= 15 is 0 Å². The molecule has 1 spiro atoms. The quantitative estimate of drug-likeness (QED) is 0.506. The van der Waals surface area contributed by atoms with Crippen molar-refractivity contribution < 1.29 is 29.9 Å². The van der Waals surface area contributed by atoms with Gasteiger partial charge >= 0.3 is 0 Å². The Hall–Kier alpha value is -0.280. The molecular weight excluding hydrogens is 386 g/mol. The van der Waals surface area contributed by atoms with E-state index < -0.39 is 40.8 Å². The van der Waals surface area contributed by atoms with Crippen LogP contribution in [-0.2, 0) is 9.47 Å². The van der Waals surface area contributed by atoms with Crippen molar-refractivity contribution in [2.24, 2.45) is 34.5 Å². The second kappa shape index (κ2) is 5.79. The van der Waals surface area contributed by atoms with Crippen LogP contribution >= 0.6 is 0 Å². The fraction of sp³-hybridized carbons (Fsp3) is 1.00. The van der Waals surface area contributed by atoms with Crippen molar-refractivity contribution in [3.8, 4) is 0 Å². The lowest BCUT2D eigenvalue weighted by molar-refractivity contribution is -0.315. The zero-order valence-corrected chi connectivity index (χ0v) is 18.5. The summed E-state index contributed by atoms with van der Waals surface area (Å²) in [5.41, 5.74) is -3.79. The van der Waals surface area contributed by atoms with E-state index in [9.17, 15) is 20.4 Å². The van der Waals surface area contributed by atoms with Crippen LogP contribution in [0, 0.1) is 34.5 Å². The summed E-state index contributed by atoms with van der Waals surface area (Å²) in [5.74, 6) is -0.656. The molecule has 13 atom stereocenters. The van der Waals surface area contributed by atoms with Gasteiger partial charge in [0.1, 0.15) is 11.2 Å². The lowest BCUT2D eigenvalue weighted by atomic mass is 9.43. The van der Waals surface area contributed by atoms with E-state index in [0.29, 0.717) is 12.8 Å². The number of ether oxygens (including phenoxy) is 2. The van der Waals surface area contributed by atoms with E-state index in [1.165, 1.54) is 0 Å². The minimum atomic E-state index is -1.57. The first-order valence-corrected chi connectivity index (χ1v) is 11.8. The van der Waals surface area contributed by atoms with Gasteiger partial charge in [0.05, 0.1) is 30.5 Å². The highest BCUT2D eigenvalue weighted by Crippen LogP contribution is 2.80. The molecule has 1 aliphatic heterocycles. The third-order valence-corrected chi connectivity index (χ3v) is 11.0. The number of piperidine rings is 1. The average Bonchev–Trinajstić information content (AvgIpc) is 3.09.